The third-order valence-electron chi connectivity index (χ3n) is 4.20. The number of hydrogen-bond donors (Lipinski definition) is 1. The third kappa shape index (κ3) is 3.96. The molecule has 0 aromatic carbocycles. The van der Waals surface area contributed by atoms with Crippen LogP contribution in [0.4, 0.5) is 5.82 Å². The van der Waals surface area contributed by atoms with Crippen LogP contribution in [0.5, 0.6) is 0 Å². The van der Waals surface area contributed by atoms with Gasteiger partial charge in [-0.1, -0.05) is 26.2 Å². The lowest BCUT2D eigenvalue weighted by Crippen LogP contribution is -2.41. The van der Waals surface area contributed by atoms with E-state index in [0.717, 1.165) is 38.2 Å². The Morgan fingerprint density at radius 1 is 1.33 bits per heavy atom. The summed E-state index contributed by atoms with van der Waals surface area (Å²) in [5.74, 6) is 0.842. The molecule has 1 saturated carbocycles. The van der Waals surface area contributed by atoms with E-state index in [1.165, 1.54) is 19.3 Å². The van der Waals surface area contributed by atoms with Crippen LogP contribution in [0.25, 0.3) is 0 Å². The Hall–Kier alpha value is -1.58. The summed E-state index contributed by atoms with van der Waals surface area (Å²) >= 11 is 0. The highest BCUT2D eigenvalue weighted by Gasteiger charge is 2.26. The SMILES string of the molecule is CCCNc1ncccc1C(=O)N(CC)C1CCCCC1. The second kappa shape index (κ2) is 8.01. The average Bonchev–Trinajstić information content (AvgIpc) is 2.55. The topological polar surface area (TPSA) is 45.2 Å². The fourth-order valence-corrected chi connectivity index (χ4v) is 3.08. The van der Waals surface area contributed by atoms with Gasteiger partial charge in [0.1, 0.15) is 5.82 Å². The lowest BCUT2D eigenvalue weighted by molar-refractivity contribution is 0.0648. The van der Waals surface area contributed by atoms with Crippen molar-refractivity contribution >= 4 is 11.7 Å². The van der Waals surface area contributed by atoms with Gasteiger partial charge in [-0.2, -0.15) is 0 Å². The first-order valence-corrected chi connectivity index (χ1v) is 8.27. The van der Waals surface area contributed by atoms with Gasteiger partial charge in [-0.05, 0) is 38.3 Å². The molecule has 4 nitrogen and oxygen atoms in total. The molecule has 2 rings (SSSR count). The van der Waals surface area contributed by atoms with Crippen LogP contribution in [0.2, 0.25) is 0 Å². The molecule has 1 amide bonds. The zero-order chi connectivity index (χ0) is 15.1. The molecule has 1 aromatic heterocycles. The first-order chi connectivity index (χ1) is 10.3. The van der Waals surface area contributed by atoms with E-state index in [1.54, 1.807) is 6.20 Å². The molecule has 1 fully saturated rings. The van der Waals surface area contributed by atoms with Crippen molar-refractivity contribution in [3.05, 3.63) is 23.9 Å². The predicted octanol–water partition coefficient (Wildman–Crippen LogP) is 3.70. The number of hydrogen-bond acceptors (Lipinski definition) is 3. The maximum absolute atomic E-state index is 12.9. The number of nitrogens with one attached hydrogen (secondary N) is 1. The molecule has 1 aliphatic rings. The van der Waals surface area contributed by atoms with E-state index in [-0.39, 0.29) is 5.91 Å². The maximum atomic E-state index is 12.9. The molecule has 0 radical (unpaired) electrons. The van der Waals surface area contributed by atoms with Crippen molar-refractivity contribution < 1.29 is 4.79 Å². The zero-order valence-electron chi connectivity index (χ0n) is 13.3. The highest BCUT2D eigenvalue weighted by Crippen LogP contribution is 2.25. The normalized spacial score (nSPS) is 15.7. The van der Waals surface area contributed by atoms with Crippen LogP contribution < -0.4 is 5.32 Å². The number of amides is 1. The van der Waals surface area contributed by atoms with Crippen LogP contribution in [0.15, 0.2) is 18.3 Å². The predicted molar refractivity (Wildman–Crippen MR) is 86.6 cm³/mol. The molecular formula is C17H27N3O. The molecule has 1 N–H and O–H groups in total. The van der Waals surface area contributed by atoms with Crippen LogP contribution in [-0.4, -0.2) is 34.9 Å². The minimum atomic E-state index is 0.121. The standard InChI is InChI=1S/C17H27N3O/c1-3-12-18-16-15(11-8-13-19-16)17(21)20(4-2)14-9-6-5-7-10-14/h8,11,13-14H,3-7,9-10,12H2,1-2H3,(H,18,19). The van der Waals surface area contributed by atoms with E-state index in [9.17, 15) is 4.79 Å². The Labute approximate surface area is 127 Å². The second-order valence-electron chi connectivity index (χ2n) is 5.71. The van der Waals surface area contributed by atoms with Crippen LogP contribution in [0, 0.1) is 0 Å². The van der Waals surface area contributed by atoms with Crippen molar-refractivity contribution in [1.29, 1.82) is 0 Å². The number of pyridine rings is 1. The molecule has 1 heterocycles. The number of aromatic nitrogens is 1. The summed E-state index contributed by atoms with van der Waals surface area (Å²) in [7, 11) is 0. The Balaban J connectivity index is 2.16. The lowest BCUT2D eigenvalue weighted by atomic mass is 9.93. The van der Waals surface area contributed by atoms with E-state index >= 15 is 0 Å². The number of anilines is 1. The maximum Gasteiger partial charge on any atom is 0.257 e. The Kier molecular flexibility index (Phi) is 6.03. The van der Waals surface area contributed by atoms with Gasteiger partial charge in [0, 0.05) is 25.3 Å². The Bertz CT molecular complexity index is 455. The van der Waals surface area contributed by atoms with E-state index in [1.807, 2.05) is 17.0 Å². The number of nitrogens with zero attached hydrogens (tertiary/aromatic N) is 2. The zero-order valence-corrected chi connectivity index (χ0v) is 13.3. The van der Waals surface area contributed by atoms with Crippen LogP contribution in [0.3, 0.4) is 0 Å². The summed E-state index contributed by atoms with van der Waals surface area (Å²) in [5.41, 5.74) is 0.707. The molecule has 1 aliphatic carbocycles. The quantitative estimate of drug-likeness (QED) is 0.868. The number of carbonyl (C=O) groups is 1. The molecule has 21 heavy (non-hydrogen) atoms. The van der Waals surface area contributed by atoms with Crippen molar-refractivity contribution in [2.24, 2.45) is 0 Å². The van der Waals surface area contributed by atoms with Crippen molar-refractivity contribution in [3.63, 3.8) is 0 Å². The van der Waals surface area contributed by atoms with Gasteiger partial charge in [-0.25, -0.2) is 4.98 Å². The molecule has 0 saturated heterocycles. The Morgan fingerprint density at radius 2 is 2.10 bits per heavy atom. The molecule has 0 aliphatic heterocycles. The lowest BCUT2D eigenvalue weighted by Gasteiger charge is -2.34. The first kappa shape index (κ1) is 15.8. The highest BCUT2D eigenvalue weighted by atomic mass is 16.2. The first-order valence-electron chi connectivity index (χ1n) is 8.27. The molecular weight excluding hydrogens is 262 g/mol. The molecule has 4 heteroatoms. The van der Waals surface area contributed by atoms with Gasteiger partial charge in [0.25, 0.3) is 5.91 Å². The molecule has 0 unspecified atom stereocenters. The second-order valence-corrected chi connectivity index (χ2v) is 5.71. The largest absolute Gasteiger partial charge is 0.369 e. The highest BCUT2D eigenvalue weighted by molar-refractivity contribution is 5.98. The van der Waals surface area contributed by atoms with E-state index < -0.39 is 0 Å². The summed E-state index contributed by atoms with van der Waals surface area (Å²) in [6.07, 6.45) is 8.81. The summed E-state index contributed by atoms with van der Waals surface area (Å²) < 4.78 is 0. The average molecular weight is 289 g/mol. The molecule has 0 atom stereocenters. The summed E-state index contributed by atoms with van der Waals surface area (Å²) in [5, 5.41) is 3.27. The number of rotatable bonds is 6. The van der Waals surface area contributed by atoms with Gasteiger partial charge < -0.3 is 10.2 Å². The van der Waals surface area contributed by atoms with E-state index in [4.69, 9.17) is 0 Å². The smallest absolute Gasteiger partial charge is 0.257 e. The van der Waals surface area contributed by atoms with Crippen molar-refractivity contribution in [2.45, 2.75) is 58.4 Å². The Morgan fingerprint density at radius 3 is 2.76 bits per heavy atom. The van der Waals surface area contributed by atoms with Crippen LogP contribution >= 0.6 is 0 Å². The van der Waals surface area contributed by atoms with Gasteiger partial charge in [0.15, 0.2) is 0 Å². The fourth-order valence-electron chi connectivity index (χ4n) is 3.08. The minimum Gasteiger partial charge on any atom is -0.369 e. The van der Waals surface area contributed by atoms with Crippen LogP contribution in [0.1, 0.15) is 62.7 Å². The molecule has 0 spiro atoms. The van der Waals surface area contributed by atoms with Gasteiger partial charge in [0.2, 0.25) is 0 Å². The van der Waals surface area contributed by atoms with Crippen molar-refractivity contribution in [2.75, 3.05) is 18.4 Å². The summed E-state index contributed by atoms with van der Waals surface area (Å²) in [6, 6.07) is 4.13. The molecule has 116 valence electrons. The molecule has 0 bridgehead atoms. The monoisotopic (exact) mass is 289 g/mol. The van der Waals surface area contributed by atoms with Gasteiger partial charge in [0.05, 0.1) is 5.56 Å². The van der Waals surface area contributed by atoms with Crippen LogP contribution in [-0.2, 0) is 0 Å². The van der Waals surface area contributed by atoms with Crippen molar-refractivity contribution in [1.82, 2.24) is 9.88 Å². The molecule has 1 aromatic rings. The van der Waals surface area contributed by atoms with Crippen molar-refractivity contribution in [3.8, 4) is 0 Å². The summed E-state index contributed by atoms with van der Waals surface area (Å²) in [6.45, 7) is 5.79. The fraction of sp³-hybridized carbons (Fsp3) is 0.647. The third-order valence-corrected chi connectivity index (χ3v) is 4.20. The number of carbonyl (C=O) groups excluding carboxylic acids is 1. The van der Waals surface area contributed by atoms with Gasteiger partial charge in [-0.15, -0.1) is 0 Å². The summed E-state index contributed by atoms with van der Waals surface area (Å²) in [4.78, 5) is 19.3. The minimum absolute atomic E-state index is 0.121. The van der Waals surface area contributed by atoms with E-state index in [2.05, 4.69) is 24.1 Å². The van der Waals surface area contributed by atoms with Gasteiger partial charge >= 0.3 is 0 Å². The van der Waals surface area contributed by atoms with E-state index in [0.29, 0.717) is 11.6 Å². The van der Waals surface area contributed by atoms with Gasteiger partial charge in [-0.3, -0.25) is 4.79 Å².